The van der Waals surface area contributed by atoms with E-state index in [0.29, 0.717) is 13.2 Å². The van der Waals surface area contributed by atoms with Gasteiger partial charge in [-0.05, 0) is 12.5 Å². The van der Waals surface area contributed by atoms with Crippen molar-refractivity contribution in [2.75, 3.05) is 54.2 Å². The molecule has 1 rings (SSSR count). The Labute approximate surface area is 128 Å². The molecule has 0 radical (unpaired) electrons. The Kier molecular flexibility index (Phi) is 9.01. The second kappa shape index (κ2) is 10.6. The van der Waals surface area contributed by atoms with Gasteiger partial charge in [0.05, 0.1) is 19.8 Å². The van der Waals surface area contributed by atoms with Gasteiger partial charge in [-0.1, -0.05) is 18.2 Å². The Bertz CT molecular complexity index is 388. The first kappa shape index (κ1) is 17.9. The number of hydrogen-bond acceptors (Lipinski definition) is 5. The predicted molar refractivity (Wildman–Crippen MR) is 84.7 cm³/mol. The first-order valence-electron chi connectivity index (χ1n) is 7.33. The van der Waals surface area contributed by atoms with E-state index in [0.717, 1.165) is 37.4 Å². The van der Waals surface area contributed by atoms with Crippen molar-refractivity contribution in [3.63, 3.8) is 0 Å². The predicted octanol–water partition coefficient (Wildman–Crippen LogP) is 1.68. The molecule has 0 heterocycles. The van der Waals surface area contributed by atoms with Crippen molar-refractivity contribution in [1.29, 1.82) is 0 Å². The number of hydrogen-bond donors (Lipinski definition) is 1. The highest BCUT2D eigenvalue weighted by Gasteiger charge is 2.21. The molecule has 2 N–H and O–H groups in total. The summed E-state index contributed by atoms with van der Waals surface area (Å²) in [5.74, 6) is 0.877. The summed E-state index contributed by atoms with van der Waals surface area (Å²) in [4.78, 5) is 2.33. The fourth-order valence-corrected chi connectivity index (χ4v) is 2.46. The Morgan fingerprint density at radius 1 is 1.05 bits per heavy atom. The molecule has 21 heavy (non-hydrogen) atoms. The van der Waals surface area contributed by atoms with Crippen LogP contribution < -0.4 is 10.5 Å². The lowest BCUT2D eigenvalue weighted by Gasteiger charge is -2.32. The fourth-order valence-electron chi connectivity index (χ4n) is 2.46. The van der Waals surface area contributed by atoms with E-state index in [1.165, 1.54) is 0 Å². The van der Waals surface area contributed by atoms with Crippen molar-refractivity contribution in [2.45, 2.75) is 12.5 Å². The molecule has 0 aliphatic rings. The summed E-state index contributed by atoms with van der Waals surface area (Å²) in [7, 11) is 5.13. The summed E-state index contributed by atoms with van der Waals surface area (Å²) >= 11 is 0. The van der Waals surface area contributed by atoms with Gasteiger partial charge in [-0.15, -0.1) is 0 Å². The maximum Gasteiger partial charge on any atom is 0.123 e. The second-order valence-corrected chi connectivity index (χ2v) is 4.87. The lowest BCUT2D eigenvalue weighted by molar-refractivity contribution is 0.107. The summed E-state index contributed by atoms with van der Waals surface area (Å²) in [5, 5.41) is 0. The van der Waals surface area contributed by atoms with Gasteiger partial charge < -0.3 is 19.9 Å². The molecule has 0 aliphatic heterocycles. The van der Waals surface area contributed by atoms with Crippen LogP contribution in [0, 0.1) is 0 Å². The quantitative estimate of drug-likeness (QED) is 0.630. The van der Waals surface area contributed by atoms with Crippen molar-refractivity contribution in [3.8, 4) is 5.75 Å². The molecule has 0 aromatic heterocycles. The van der Waals surface area contributed by atoms with Crippen LogP contribution in [0.3, 0.4) is 0 Å². The summed E-state index contributed by atoms with van der Waals surface area (Å²) in [6.07, 6.45) is 0.964. The van der Waals surface area contributed by atoms with Crippen molar-refractivity contribution in [1.82, 2.24) is 4.90 Å². The molecule has 1 aromatic rings. The molecular weight excluding hydrogens is 268 g/mol. The largest absolute Gasteiger partial charge is 0.496 e. The average molecular weight is 296 g/mol. The number of methoxy groups -OCH3 is 3. The van der Waals surface area contributed by atoms with E-state index in [1.807, 2.05) is 18.2 Å². The van der Waals surface area contributed by atoms with Gasteiger partial charge in [-0.25, -0.2) is 0 Å². The van der Waals surface area contributed by atoms with Crippen LogP contribution in [0.15, 0.2) is 24.3 Å². The van der Waals surface area contributed by atoms with Crippen LogP contribution in [-0.4, -0.2) is 59.1 Å². The van der Waals surface area contributed by atoms with Crippen LogP contribution in [0.2, 0.25) is 0 Å². The fraction of sp³-hybridized carbons (Fsp3) is 0.625. The highest BCUT2D eigenvalue weighted by Crippen LogP contribution is 2.28. The summed E-state index contributed by atoms with van der Waals surface area (Å²) in [6, 6.07) is 8.16. The van der Waals surface area contributed by atoms with Crippen LogP contribution in [0.5, 0.6) is 5.75 Å². The monoisotopic (exact) mass is 296 g/mol. The molecule has 0 amide bonds. The molecule has 0 bridgehead atoms. The molecular formula is C16H28N2O3. The molecule has 0 fully saturated rings. The number of para-hydroxylation sites is 1. The zero-order chi connectivity index (χ0) is 15.5. The first-order chi connectivity index (χ1) is 10.3. The van der Waals surface area contributed by atoms with Gasteiger partial charge in [0.1, 0.15) is 5.75 Å². The highest BCUT2D eigenvalue weighted by molar-refractivity contribution is 5.36. The van der Waals surface area contributed by atoms with Gasteiger partial charge in [-0.2, -0.15) is 0 Å². The normalized spacial score (nSPS) is 12.6. The van der Waals surface area contributed by atoms with Gasteiger partial charge >= 0.3 is 0 Å². The van der Waals surface area contributed by atoms with Gasteiger partial charge in [0, 0.05) is 46.0 Å². The lowest BCUT2D eigenvalue weighted by Crippen LogP contribution is -2.37. The van der Waals surface area contributed by atoms with E-state index in [9.17, 15) is 0 Å². The first-order valence-corrected chi connectivity index (χ1v) is 7.33. The molecule has 5 nitrogen and oxygen atoms in total. The Morgan fingerprint density at radius 2 is 1.76 bits per heavy atom. The van der Waals surface area contributed by atoms with E-state index in [4.69, 9.17) is 19.9 Å². The summed E-state index contributed by atoms with van der Waals surface area (Å²) in [6.45, 7) is 3.71. The number of nitrogens with zero attached hydrogens (tertiary/aromatic N) is 1. The number of rotatable bonds is 11. The third-order valence-electron chi connectivity index (χ3n) is 3.54. The molecule has 120 valence electrons. The maximum absolute atomic E-state index is 6.04. The molecule has 5 heteroatoms. The number of nitrogens with two attached hydrogens (primary N) is 1. The smallest absolute Gasteiger partial charge is 0.123 e. The second-order valence-electron chi connectivity index (χ2n) is 4.87. The van der Waals surface area contributed by atoms with E-state index >= 15 is 0 Å². The van der Waals surface area contributed by atoms with Crippen LogP contribution in [0.1, 0.15) is 18.0 Å². The van der Waals surface area contributed by atoms with Gasteiger partial charge in [0.2, 0.25) is 0 Å². The molecule has 1 atom stereocenters. The van der Waals surface area contributed by atoms with Crippen molar-refractivity contribution in [3.05, 3.63) is 29.8 Å². The molecule has 1 unspecified atom stereocenters. The maximum atomic E-state index is 6.04. The van der Waals surface area contributed by atoms with E-state index in [2.05, 4.69) is 11.0 Å². The van der Waals surface area contributed by atoms with Crippen molar-refractivity contribution < 1.29 is 14.2 Å². The summed E-state index contributed by atoms with van der Waals surface area (Å²) < 4.78 is 15.8. The number of benzene rings is 1. The van der Waals surface area contributed by atoms with Gasteiger partial charge in [0.25, 0.3) is 0 Å². The van der Waals surface area contributed by atoms with Crippen molar-refractivity contribution in [2.24, 2.45) is 5.73 Å². The molecule has 0 spiro atoms. The summed E-state index contributed by atoms with van der Waals surface area (Å²) in [5.41, 5.74) is 7.16. The third kappa shape index (κ3) is 5.63. The van der Waals surface area contributed by atoms with E-state index in [1.54, 1.807) is 21.3 Å². The Morgan fingerprint density at radius 3 is 2.38 bits per heavy atom. The third-order valence-corrected chi connectivity index (χ3v) is 3.54. The van der Waals surface area contributed by atoms with E-state index < -0.39 is 0 Å². The minimum absolute atomic E-state index is 0.119. The minimum Gasteiger partial charge on any atom is -0.496 e. The van der Waals surface area contributed by atoms with E-state index in [-0.39, 0.29) is 6.04 Å². The zero-order valence-electron chi connectivity index (χ0n) is 13.4. The highest BCUT2D eigenvalue weighted by atomic mass is 16.5. The molecule has 0 aliphatic carbocycles. The Hall–Kier alpha value is -1.14. The average Bonchev–Trinajstić information content (AvgIpc) is 2.53. The SMILES string of the molecule is COCCCN(CCOC)C(CN)c1ccccc1OC. The molecule has 1 aromatic carbocycles. The lowest BCUT2D eigenvalue weighted by atomic mass is 10.0. The van der Waals surface area contributed by atoms with Crippen LogP contribution in [0.25, 0.3) is 0 Å². The topological polar surface area (TPSA) is 57.0 Å². The van der Waals surface area contributed by atoms with Gasteiger partial charge in [0.15, 0.2) is 0 Å². The van der Waals surface area contributed by atoms with Gasteiger partial charge in [-0.3, -0.25) is 4.90 Å². The minimum atomic E-state index is 0.119. The number of ether oxygens (including phenoxy) is 3. The van der Waals surface area contributed by atoms with Crippen molar-refractivity contribution >= 4 is 0 Å². The van der Waals surface area contributed by atoms with Crippen LogP contribution in [-0.2, 0) is 9.47 Å². The van der Waals surface area contributed by atoms with Crippen LogP contribution in [0.4, 0.5) is 0 Å². The standard InChI is InChI=1S/C16H28N2O3/c1-19-11-6-9-18(10-12-20-2)15(13-17)14-7-4-5-8-16(14)21-3/h4-5,7-8,15H,6,9-13,17H2,1-3H3. The molecule has 0 saturated carbocycles. The Balaban J connectivity index is 2.87. The zero-order valence-corrected chi connectivity index (χ0v) is 13.4. The van der Waals surface area contributed by atoms with Crippen LogP contribution >= 0.6 is 0 Å². The molecule has 0 saturated heterocycles.